The second kappa shape index (κ2) is 7.79. The van der Waals surface area contributed by atoms with Crippen LogP contribution in [0.15, 0.2) is 42.5 Å². The summed E-state index contributed by atoms with van der Waals surface area (Å²) in [6.45, 7) is 4.38. The number of anilines is 2. The molecule has 0 spiro atoms. The number of amides is 2. The maximum Gasteiger partial charge on any atom is 0.227 e. The number of hydrogen-bond donors (Lipinski definition) is 1. The fourth-order valence-electron chi connectivity index (χ4n) is 2.90. The van der Waals surface area contributed by atoms with Crippen molar-refractivity contribution in [2.45, 2.75) is 32.8 Å². The minimum atomic E-state index is -0.202. The van der Waals surface area contributed by atoms with E-state index in [0.717, 1.165) is 11.3 Å². The van der Waals surface area contributed by atoms with Gasteiger partial charge in [0, 0.05) is 23.6 Å². The van der Waals surface area contributed by atoms with Crippen LogP contribution in [0.3, 0.4) is 0 Å². The number of rotatable bonds is 4. The van der Waals surface area contributed by atoms with Crippen molar-refractivity contribution in [3.63, 3.8) is 0 Å². The number of halogens is 1. The van der Waals surface area contributed by atoms with Crippen LogP contribution in [-0.2, 0) is 9.59 Å². The zero-order valence-corrected chi connectivity index (χ0v) is 15.5. The van der Waals surface area contributed by atoms with Crippen LogP contribution in [0.5, 0.6) is 5.75 Å². The Morgan fingerprint density at radius 1 is 1.19 bits per heavy atom. The van der Waals surface area contributed by atoms with E-state index in [1.807, 2.05) is 32.0 Å². The van der Waals surface area contributed by atoms with Crippen molar-refractivity contribution in [1.29, 1.82) is 0 Å². The minimum absolute atomic E-state index is 0.0849. The molecule has 0 saturated carbocycles. The van der Waals surface area contributed by atoms with Gasteiger partial charge in [0.15, 0.2) is 0 Å². The summed E-state index contributed by atoms with van der Waals surface area (Å²) in [4.78, 5) is 26.5. The Balaban J connectivity index is 1.62. The van der Waals surface area contributed by atoms with E-state index >= 15 is 0 Å². The van der Waals surface area contributed by atoms with E-state index in [2.05, 4.69) is 5.32 Å². The molecule has 2 aromatic carbocycles. The minimum Gasteiger partial charge on any atom is -0.487 e. The van der Waals surface area contributed by atoms with E-state index in [0.29, 0.717) is 23.0 Å². The molecule has 0 fully saturated rings. The van der Waals surface area contributed by atoms with Gasteiger partial charge in [-0.15, -0.1) is 0 Å². The number of benzene rings is 2. The molecular weight excluding hydrogens is 352 g/mol. The number of carbonyl (C=O) groups is 2. The van der Waals surface area contributed by atoms with Crippen molar-refractivity contribution < 1.29 is 14.3 Å². The van der Waals surface area contributed by atoms with Crippen LogP contribution in [0, 0.1) is 6.92 Å². The molecule has 1 aliphatic rings. The van der Waals surface area contributed by atoms with Gasteiger partial charge in [-0.05, 0) is 55.8 Å². The summed E-state index contributed by atoms with van der Waals surface area (Å²) in [6.07, 6.45) is 0.172. The van der Waals surface area contributed by atoms with Crippen molar-refractivity contribution in [2.75, 3.05) is 16.8 Å². The Bertz CT molecular complexity index is 820. The summed E-state index contributed by atoms with van der Waals surface area (Å²) in [6, 6.07) is 12.6. The van der Waals surface area contributed by atoms with Crippen molar-refractivity contribution in [1.82, 2.24) is 0 Å². The fourth-order valence-corrected chi connectivity index (χ4v) is 3.02. The molecule has 0 saturated heterocycles. The van der Waals surface area contributed by atoms with Gasteiger partial charge in [-0.2, -0.15) is 0 Å². The number of fused-ring (bicyclic) bond motifs is 1. The number of nitrogens with one attached hydrogen (secondary N) is 1. The van der Waals surface area contributed by atoms with Crippen molar-refractivity contribution in [2.24, 2.45) is 0 Å². The predicted molar refractivity (Wildman–Crippen MR) is 103 cm³/mol. The van der Waals surface area contributed by atoms with Gasteiger partial charge in [0.2, 0.25) is 11.8 Å². The Labute approximate surface area is 157 Å². The van der Waals surface area contributed by atoms with Crippen LogP contribution in [0.1, 0.15) is 25.3 Å². The molecule has 5 nitrogen and oxygen atoms in total. The van der Waals surface area contributed by atoms with Crippen LogP contribution in [0.4, 0.5) is 11.4 Å². The summed E-state index contributed by atoms with van der Waals surface area (Å²) in [7, 11) is 0. The second-order valence-electron chi connectivity index (χ2n) is 6.46. The molecule has 1 N–H and O–H groups in total. The first-order valence-electron chi connectivity index (χ1n) is 8.55. The molecule has 26 heavy (non-hydrogen) atoms. The normalized spacial score (nSPS) is 15.8. The zero-order chi connectivity index (χ0) is 18.7. The number of aryl methyl sites for hydroxylation is 1. The number of carbonyl (C=O) groups excluding carboxylic acids is 2. The Kier molecular flexibility index (Phi) is 5.47. The number of ether oxygens (including phenoxy) is 1. The quantitative estimate of drug-likeness (QED) is 0.875. The largest absolute Gasteiger partial charge is 0.487 e. The molecule has 1 heterocycles. The lowest BCUT2D eigenvalue weighted by atomic mass is 10.1. The summed E-state index contributed by atoms with van der Waals surface area (Å²) in [5.74, 6) is 0.415. The van der Waals surface area contributed by atoms with Gasteiger partial charge >= 0.3 is 0 Å². The van der Waals surface area contributed by atoms with Crippen LogP contribution >= 0.6 is 11.6 Å². The highest BCUT2D eigenvalue weighted by Crippen LogP contribution is 2.34. The van der Waals surface area contributed by atoms with Gasteiger partial charge in [0.25, 0.3) is 0 Å². The fraction of sp³-hybridized carbons (Fsp3) is 0.300. The van der Waals surface area contributed by atoms with E-state index in [1.54, 1.807) is 29.2 Å². The van der Waals surface area contributed by atoms with Crippen LogP contribution in [0.2, 0.25) is 5.02 Å². The van der Waals surface area contributed by atoms with E-state index in [4.69, 9.17) is 16.3 Å². The van der Waals surface area contributed by atoms with Crippen molar-refractivity contribution in [3.05, 3.63) is 53.1 Å². The van der Waals surface area contributed by atoms with Gasteiger partial charge in [-0.1, -0.05) is 17.7 Å². The average Bonchev–Trinajstić information content (AvgIpc) is 2.61. The smallest absolute Gasteiger partial charge is 0.227 e. The lowest BCUT2D eigenvalue weighted by Gasteiger charge is -2.33. The summed E-state index contributed by atoms with van der Waals surface area (Å²) >= 11 is 5.83. The van der Waals surface area contributed by atoms with Crippen LogP contribution in [0.25, 0.3) is 0 Å². The molecule has 3 rings (SSSR count). The maximum atomic E-state index is 12.7. The molecule has 2 aromatic rings. The topological polar surface area (TPSA) is 58.6 Å². The average molecular weight is 373 g/mol. The first-order valence-corrected chi connectivity index (χ1v) is 8.93. The molecule has 2 amide bonds. The standard InChI is InChI=1S/C20H21ClN2O3/c1-13-3-8-18-17(11-13)23(12-14(2)26-18)20(25)10-9-19(24)22-16-6-4-15(21)5-7-16/h3-8,11,14H,9-10,12H2,1-2H3,(H,22,24). The highest BCUT2D eigenvalue weighted by molar-refractivity contribution is 6.30. The lowest BCUT2D eigenvalue weighted by Crippen LogP contribution is -2.42. The Hall–Kier alpha value is -2.53. The van der Waals surface area contributed by atoms with Gasteiger partial charge in [0.05, 0.1) is 12.2 Å². The molecule has 0 aliphatic carbocycles. The van der Waals surface area contributed by atoms with Crippen molar-refractivity contribution in [3.8, 4) is 5.75 Å². The molecule has 0 aromatic heterocycles. The number of hydrogen-bond acceptors (Lipinski definition) is 3. The first-order chi connectivity index (χ1) is 12.4. The highest BCUT2D eigenvalue weighted by atomic mass is 35.5. The monoisotopic (exact) mass is 372 g/mol. The van der Waals surface area contributed by atoms with Gasteiger partial charge in [-0.25, -0.2) is 0 Å². The number of nitrogens with zero attached hydrogens (tertiary/aromatic N) is 1. The molecule has 1 unspecified atom stereocenters. The zero-order valence-electron chi connectivity index (χ0n) is 14.8. The van der Waals surface area contributed by atoms with Crippen LogP contribution < -0.4 is 15.0 Å². The lowest BCUT2D eigenvalue weighted by molar-refractivity contribution is -0.122. The summed E-state index contributed by atoms with van der Waals surface area (Å²) in [5.41, 5.74) is 2.49. The van der Waals surface area contributed by atoms with E-state index in [-0.39, 0.29) is 30.8 Å². The summed E-state index contributed by atoms with van der Waals surface area (Å²) in [5, 5.41) is 3.38. The van der Waals surface area contributed by atoms with Gasteiger partial charge < -0.3 is 15.0 Å². The molecule has 1 aliphatic heterocycles. The predicted octanol–water partition coefficient (Wildman–Crippen LogP) is 4.18. The second-order valence-corrected chi connectivity index (χ2v) is 6.90. The van der Waals surface area contributed by atoms with E-state index < -0.39 is 0 Å². The summed E-state index contributed by atoms with van der Waals surface area (Å²) < 4.78 is 5.80. The van der Waals surface area contributed by atoms with E-state index in [1.165, 1.54) is 0 Å². The van der Waals surface area contributed by atoms with Gasteiger partial charge in [0.1, 0.15) is 11.9 Å². The molecule has 136 valence electrons. The molecule has 6 heteroatoms. The molecule has 0 bridgehead atoms. The third kappa shape index (κ3) is 4.35. The molecular formula is C20H21ClN2O3. The maximum absolute atomic E-state index is 12.7. The van der Waals surface area contributed by atoms with Crippen LogP contribution in [-0.4, -0.2) is 24.5 Å². The molecule has 1 atom stereocenters. The highest BCUT2D eigenvalue weighted by Gasteiger charge is 2.27. The first kappa shape index (κ1) is 18.3. The molecule has 0 radical (unpaired) electrons. The van der Waals surface area contributed by atoms with Crippen molar-refractivity contribution >= 4 is 34.8 Å². The Morgan fingerprint density at radius 2 is 1.92 bits per heavy atom. The van der Waals surface area contributed by atoms with Gasteiger partial charge in [-0.3, -0.25) is 9.59 Å². The third-order valence-corrected chi connectivity index (χ3v) is 4.42. The SMILES string of the molecule is Cc1ccc2c(c1)N(C(=O)CCC(=O)Nc1ccc(Cl)cc1)CC(C)O2. The third-order valence-electron chi connectivity index (χ3n) is 4.17. The Morgan fingerprint density at radius 3 is 2.65 bits per heavy atom. The van der Waals surface area contributed by atoms with E-state index in [9.17, 15) is 9.59 Å².